The minimum Gasteiger partial charge on any atom is -0.496 e. The smallest absolute Gasteiger partial charge is 0.294 e. The number of carbonyl (C=O) groups is 3. The lowest BCUT2D eigenvalue weighted by Gasteiger charge is -2.14. The number of rotatable bonds is 6. The lowest BCUT2D eigenvalue weighted by molar-refractivity contribution is -0.127. The van der Waals surface area contributed by atoms with Crippen molar-refractivity contribution in [1.82, 2.24) is 4.90 Å². The predicted octanol–water partition coefficient (Wildman–Crippen LogP) is 3.69. The van der Waals surface area contributed by atoms with Crippen LogP contribution in [0, 0.1) is 6.92 Å². The summed E-state index contributed by atoms with van der Waals surface area (Å²) in [6.45, 7) is 1.54. The minimum absolute atomic E-state index is 0.256. The number of aryl methyl sites for hydroxylation is 1. The number of amides is 3. The molecule has 3 rings (SSSR count). The van der Waals surface area contributed by atoms with E-state index in [4.69, 9.17) is 9.47 Å². The van der Waals surface area contributed by atoms with Crippen molar-refractivity contribution in [2.24, 2.45) is 0 Å². The second-order valence-electron chi connectivity index (χ2n) is 6.25. The molecule has 1 heterocycles. The van der Waals surface area contributed by atoms with Crippen molar-refractivity contribution in [2.75, 3.05) is 26.1 Å². The van der Waals surface area contributed by atoms with E-state index in [1.54, 1.807) is 43.5 Å². The molecular weight excluding hydrogens is 392 g/mol. The van der Waals surface area contributed by atoms with Gasteiger partial charge in [0.1, 0.15) is 18.0 Å². The summed E-state index contributed by atoms with van der Waals surface area (Å²) in [7, 11) is 3.06. The van der Waals surface area contributed by atoms with Gasteiger partial charge in [-0.15, -0.1) is 0 Å². The largest absolute Gasteiger partial charge is 0.496 e. The Morgan fingerprint density at radius 3 is 2.55 bits per heavy atom. The average Bonchev–Trinajstić information content (AvgIpc) is 2.97. The SMILES string of the molecule is COc1cc(/C=C2/SC(=O)N(CC(=O)Nc3ccccc3OC)C2=O)ccc1C. The van der Waals surface area contributed by atoms with Gasteiger partial charge in [-0.3, -0.25) is 19.3 Å². The van der Waals surface area contributed by atoms with Crippen LogP contribution in [0.4, 0.5) is 10.5 Å². The Morgan fingerprint density at radius 1 is 1.10 bits per heavy atom. The van der Waals surface area contributed by atoms with Gasteiger partial charge in [0, 0.05) is 0 Å². The summed E-state index contributed by atoms with van der Waals surface area (Å²) in [6, 6.07) is 12.4. The zero-order chi connectivity index (χ0) is 21.0. The van der Waals surface area contributed by atoms with Crippen molar-refractivity contribution in [3.63, 3.8) is 0 Å². The molecule has 1 N–H and O–H groups in total. The van der Waals surface area contributed by atoms with Crippen LogP contribution >= 0.6 is 11.8 Å². The van der Waals surface area contributed by atoms with Gasteiger partial charge in [-0.2, -0.15) is 0 Å². The van der Waals surface area contributed by atoms with Crippen LogP contribution in [0.15, 0.2) is 47.4 Å². The van der Waals surface area contributed by atoms with Crippen LogP contribution < -0.4 is 14.8 Å². The maximum Gasteiger partial charge on any atom is 0.294 e. The molecule has 0 unspecified atom stereocenters. The number of hydrogen-bond acceptors (Lipinski definition) is 6. The number of anilines is 1. The Bertz CT molecular complexity index is 1000. The Hall–Kier alpha value is -3.26. The first-order valence-electron chi connectivity index (χ1n) is 8.76. The first-order chi connectivity index (χ1) is 13.9. The molecule has 0 aromatic heterocycles. The molecule has 1 aliphatic rings. The molecule has 2 aromatic rings. The summed E-state index contributed by atoms with van der Waals surface area (Å²) < 4.78 is 10.5. The van der Waals surface area contributed by atoms with E-state index in [9.17, 15) is 14.4 Å². The predicted molar refractivity (Wildman–Crippen MR) is 112 cm³/mol. The summed E-state index contributed by atoms with van der Waals surface area (Å²) in [5.41, 5.74) is 2.16. The van der Waals surface area contributed by atoms with Crippen molar-refractivity contribution in [2.45, 2.75) is 6.92 Å². The van der Waals surface area contributed by atoms with E-state index in [-0.39, 0.29) is 11.4 Å². The number of ether oxygens (including phenoxy) is 2. The summed E-state index contributed by atoms with van der Waals surface area (Å²) >= 11 is 0.803. The lowest BCUT2D eigenvalue weighted by Crippen LogP contribution is -2.36. The van der Waals surface area contributed by atoms with Gasteiger partial charge in [0.15, 0.2) is 0 Å². The molecule has 1 saturated heterocycles. The van der Waals surface area contributed by atoms with Crippen molar-refractivity contribution < 1.29 is 23.9 Å². The molecule has 0 atom stereocenters. The number of para-hydroxylation sites is 2. The van der Waals surface area contributed by atoms with E-state index in [2.05, 4.69) is 5.32 Å². The van der Waals surface area contributed by atoms with Crippen LogP contribution in [0.25, 0.3) is 6.08 Å². The molecule has 29 heavy (non-hydrogen) atoms. The first kappa shape index (κ1) is 20.5. The molecule has 0 saturated carbocycles. The van der Waals surface area contributed by atoms with Crippen molar-refractivity contribution >= 4 is 40.6 Å². The number of methoxy groups -OCH3 is 2. The minimum atomic E-state index is -0.505. The fraction of sp³-hybridized carbons (Fsp3) is 0.190. The Labute approximate surface area is 172 Å². The molecule has 3 amide bonds. The number of nitrogens with zero attached hydrogens (tertiary/aromatic N) is 1. The topological polar surface area (TPSA) is 84.9 Å². The third-order valence-corrected chi connectivity index (χ3v) is 5.19. The van der Waals surface area contributed by atoms with Gasteiger partial charge in [0.25, 0.3) is 11.1 Å². The fourth-order valence-electron chi connectivity index (χ4n) is 2.80. The molecule has 0 radical (unpaired) electrons. The summed E-state index contributed by atoms with van der Waals surface area (Å²) in [6.07, 6.45) is 1.62. The monoisotopic (exact) mass is 412 g/mol. The highest BCUT2D eigenvalue weighted by atomic mass is 32.2. The van der Waals surface area contributed by atoms with Crippen molar-refractivity contribution in [3.05, 3.63) is 58.5 Å². The number of hydrogen-bond donors (Lipinski definition) is 1. The van der Waals surface area contributed by atoms with Crippen LogP contribution in [0.3, 0.4) is 0 Å². The van der Waals surface area contributed by atoms with E-state index in [0.29, 0.717) is 17.2 Å². The third-order valence-electron chi connectivity index (χ3n) is 4.29. The van der Waals surface area contributed by atoms with Crippen LogP contribution in [0.2, 0.25) is 0 Å². The summed E-state index contributed by atoms with van der Waals surface area (Å²) in [4.78, 5) is 38.4. The van der Waals surface area contributed by atoms with E-state index in [1.165, 1.54) is 7.11 Å². The Kier molecular flexibility index (Phi) is 6.23. The highest BCUT2D eigenvalue weighted by molar-refractivity contribution is 8.18. The van der Waals surface area contributed by atoms with Gasteiger partial charge in [0.05, 0.1) is 24.8 Å². The van der Waals surface area contributed by atoms with E-state index >= 15 is 0 Å². The van der Waals surface area contributed by atoms with Gasteiger partial charge in [-0.05, 0) is 54.1 Å². The highest BCUT2D eigenvalue weighted by Crippen LogP contribution is 2.33. The zero-order valence-corrected chi connectivity index (χ0v) is 17.0. The standard InChI is InChI=1S/C21H20N2O5S/c1-13-8-9-14(10-17(13)28-3)11-18-20(25)23(21(26)29-18)12-19(24)22-15-6-4-5-7-16(15)27-2/h4-11H,12H2,1-3H3,(H,22,24)/b18-11+. The van der Waals surface area contributed by atoms with Gasteiger partial charge < -0.3 is 14.8 Å². The van der Waals surface area contributed by atoms with Crippen LogP contribution in [-0.2, 0) is 9.59 Å². The molecule has 2 aromatic carbocycles. The molecule has 0 bridgehead atoms. The second kappa shape index (κ2) is 8.83. The number of imide groups is 1. The molecule has 0 aliphatic carbocycles. The van der Waals surface area contributed by atoms with Crippen LogP contribution in [0.1, 0.15) is 11.1 Å². The van der Waals surface area contributed by atoms with Gasteiger partial charge in [-0.25, -0.2) is 0 Å². The fourth-order valence-corrected chi connectivity index (χ4v) is 3.63. The number of thioether (sulfide) groups is 1. The summed E-state index contributed by atoms with van der Waals surface area (Å²) in [5, 5.41) is 2.17. The second-order valence-corrected chi connectivity index (χ2v) is 7.24. The van der Waals surface area contributed by atoms with Crippen molar-refractivity contribution in [3.8, 4) is 11.5 Å². The average molecular weight is 412 g/mol. The molecule has 8 heteroatoms. The van der Waals surface area contributed by atoms with Crippen LogP contribution in [0.5, 0.6) is 11.5 Å². The van der Waals surface area contributed by atoms with Gasteiger partial charge in [-0.1, -0.05) is 24.3 Å². The van der Waals surface area contributed by atoms with E-state index < -0.39 is 17.1 Å². The maximum atomic E-state index is 12.6. The molecule has 7 nitrogen and oxygen atoms in total. The highest BCUT2D eigenvalue weighted by Gasteiger charge is 2.36. The number of benzene rings is 2. The Balaban J connectivity index is 1.72. The normalized spacial score (nSPS) is 15.0. The van der Waals surface area contributed by atoms with E-state index in [0.717, 1.165) is 27.8 Å². The quantitative estimate of drug-likeness (QED) is 0.729. The molecule has 150 valence electrons. The van der Waals surface area contributed by atoms with E-state index in [1.807, 2.05) is 19.1 Å². The lowest BCUT2D eigenvalue weighted by atomic mass is 10.1. The summed E-state index contributed by atoms with van der Waals surface area (Å²) in [5.74, 6) is 0.183. The Morgan fingerprint density at radius 2 is 1.83 bits per heavy atom. The molecule has 0 spiro atoms. The molecular formula is C21H20N2O5S. The maximum absolute atomic E-state index is 12.6. The van der Waals surface area contributed by atoms with Gasteiger partial charge in [0.2, 0.25) is 5.91 Å². The number of nitrogens with one attached hydrogen (secondary N) is 1. The molecule has 1 aliphatic heterocycles. The van der Waals surface area contributed by atoms with Gasteiger partial charge >= 0.3 is 0 Å². The third kappa shape index (κ3) is 4.60. The first-order valence-corrected chi connectivity index (χ1v) is 9.57. The zero-order valence-electron chi connectivity index (χ0n) is 16.2. The number of carbonyl (C=O) groups excluding carboxylic acids is 3. The molecule has 1 fully saturated rings. The van der Waals surface area contributed by atoms with Crippen molar-refractivity contribution in [1.29, 1.82) is 0 Å². The van der Waals surface area contributed by atoms with Crippen LogP contribution in [-0.4, -0.2) is 42.7 Å².